The molecule has 8 nitrogen and oxygen atoms in total. The van der Waals surface area contributed by atoms with E-state index in [0.29, 0.717) is 25.0 Å². The maximum atomic E-state index is 15.3. The van der Waals surface area contributed by atoms with Crippen LogP contribution in [-0.2, 0) is 0 Å². The van der Waals surface area contributed by atoms with E-state index in [2.05, 4.69) is 17.9 Å². The summed E-state index contributed by atoms with van der Waals surface area (Å²) in [5, 5.41) is 18.2. The van der Waals surface area contributed by atoms with Gasteiger partial charge in [0.25, 0.3) is 0 Å². The lowest BCUT2D eigenvalue weighted by Crippen LogP contribution is -2.31. The monoisotopic (exact) mass is 458 g/mol. The molecule has 1 aliphatic carbocycles. The van der Waals surface area contributed by atoms with Crippen LogP contribution in [0.15, 0.2) is 17.1 Å². The second-order valence-corrected chi connectivity index (χ2v) is 8.75. The van der Waals surface area contributed by atoms with E-state index in [1.807, 2.05) is 7.05 Å². The second kappa shape index (κ2) is 10.2. The summed E-state index contributed by atoms with van der Waals surface area (Å²) in [7, 11) is 5.20. The molecular formula is C24H31FN4O4. The van der Waals surface area contributed by atoms with Gasteiger partial charge in [0.2, 0.25) is 5.43 Å². The summed E-state index contributed by atoms with van der Waals surface area (Å²) >= 11 is 0. The summed E-state index contributed by atoms with van der Waals surface area (Å²) in [5.41, 5.74) is -0.392. The molecule has 2 aromatic rings. The van der Waals surface area contributed by atoms with Crippen LogP contribution >= 0.6 is 0 Å². The molecule has 0 saturated heterocycles. The molecule has 0 amide bonds. The fourth-order valence-electron chi connectivity index (χ4n) is 4.19. The van der Waals surface area contributed by atoms with Gasteiger partial charge in [-0.05, 0) is 45.7 Å². The fraction of sp³-hybridized carbons (Fsp3) is 0.542. The minimum Gasteiger partial charge on any atom is -0.492 e. The van der Waals surface area contributed by atoms with E-state index in [9.17, 15) is 14.7 Å². The molecule has 1 aromatic carbocycles. The van der Waals surface area contributed by atoms with Gasteiger partial charge in [-0.3, -0.25) is 4.79 Å². The number of benzene rings is 1. The van der Waals surface area contributed by atoms with E-state index in [1.54, 1.807) is 16.5 Å². The number of nitriles is 1. The van der Waals surface area contributed by atoms with Crippen LogP contribution in [0.5, 0.6) is 5.75 Å². The Balaban J connectivity index is 1.93. The standard InChI is InChI=1S/C24H31FN4O4/c1-15(27(2)12-6-10-26)7-5-11-28(3)21-19(25)13-17-20(23(21)33-4)29(16-8-9-16)14-18(22(17)30)24(31)32/h13-16H,5-9,11-12H2,1-4H3,(H,31,32). The lowest BCUT2D eigenvalue weighted by atomic mass is 10.1. The van der Waals surface area contributed by atoms with E-state index in [-0.39, 0.29) is 34.5 Å². The number of fused-ring (bicyclic) bond motifs is 1. The summed E-state index contributed by atoms with van der Waals surface area (Å²) in [6, 6.07) is 3.63. The van der Waals surface area contributed by atoms with Crippen LogP contribution in [0.2, 0.25) is 0 Å². The molecule has 1 atom stereocenters. The molecule has 178 valence electrons. The Morgan fingerprint density at radius 2 is 2.09 bits per heavy atom. The maximum absolute atomic E-state index is 15.3. The summed E-state index contributed by atoms with van der Waals surface area (Å²) < 4.78 is 22.6. The highest BCUT2D eigenvalue weighted by Crippen LogP contribution is 2.43. The number of carboxylic acids is 1. The highest BCUT2D eigenvalue weighted by atomic mass is 19.1. The summed E-state index contributed by atoms with van der Waals surface area (Å²) in [4.78, 5) is 28.3. The number of anilines is 1. The molecule has 0 radical (unpaired) electrons. The Bertz CT molecular complexity index is 1140. The van der Waals surface area contributed by atoms with Crippen molar-refractivity contribution < 1.29 is 19.0 Å². The molecule has 0 bridgehead atoms. The van der Waals surface area contributed by atoms with Crippen LogP contribution in [-0.4, -0.2) is 60.9 Å². The number of carbonyl (C=O) groups is 1. The SMILES string of the molecule is COc1c(N(C)CCCC(C)N(C)CCC#N)c(F)cc2c(=O)c(C(=O)O)cn(C3CC3)c12. The Kier molecular flexibility index (Phi) is 7.59. The van der Waals surface area contributed by atoms with E-state index < -0.39 is 17.2 Å². The largest absolute Gasteiger partial charge is 0.492 e. The molecule has 1 saturated carbocycles. The minimum atomic E-state index is -1.33. The molecule has 1 fully saturated rings. The minimum absolute atomic E-state index is 0.0149. The summed E-state index contributed by atoms with van der Waals surface area (Å²) in [6.45, 7) is 3.37. The smallest absolute Gasteiger partial charge is 0.341 e. The van der Waals surface area contributed by atoms with Crippen LogP contribution in [0.3, 0.4) is 0 Å². The van der Waals surface area contributed by atoms with Crippen molar-refractivity contribution in [2.75, 3.05) is 39.2 Å². The zero-order valence-corrected chi connectivity index (χ0v) is 19.6. The van der Waals surface area contributed by atoms with Crippen LogP contribution < -0.4 is 15.1 Å². The van der Waals surface area contributed by atoms with Crippen molar-refractivity contribution in [3.63, 3.8) is 0 Å². The lowest BCUT2D eigenvalue weighted by Gasteiger charge is -2.27. The molecule has 1 aliphatic rings. The molecule has 1 N–H and O–H groups in total. The van der Waals surface area contributed by atoms with Crippen LogP contribution in [0.1, 0.15) is 55.4 Å². The molecule has 0 spiro atoms. The van der Waals surface area contributed by atoms with Gasteiger partial charge < -0.3 is 24.2 Å². The van der Waals surface area contributed by atoms with Gasteiger partial charge in [0, 0.05) is 44.8 Å². The third kappa shape index (κ3) is 5.11. The Morgan fingerprint density at radius 1 is 1.39 bits per heavy atom. The first-order valence-corrected chi connectivity index (χ1v) is 11.2. The number of halogens is 1. The van der Waals surface area contributed by atoms with Gasteiger partial charge in [0.05, 0.1) is 24.1 Å². The summed E-state index contributed by atoms with van der Waals surface area (Å²) in [5.74, 6) is -1.71. The van der Waals surface area contributed by atoms with Crippen LogP contribution in [0, 0.1) is 17.1 Å². The quantitative estimate of drug-likeness (QED) is 0.549. The normalized spacial score (nSPS) is 14.3. The van der Waals surface area contributed by atoms with Crippen molar-refractivity contribution in [2.24, 2.45) is 0 Å². The number of pyridine rings is 1. The first-order chi connectivity index (χ1) is 15.7. The number of hydrogen-bond donors (Lipinski definition) is 1. The average Bonchev–Trinajstić information content (AvgIpc) is 3.61. The topological polar surface area (TPSA) is 98.8 Å². The second-order valence-electron chi connectivity index (χ2n) is 8.75. The highest BCUT2D eigenvalue weighted by molar-refractivity contribution is 5.97. The van der Waals surface area contributed by atoms with Crippen molar-refractivity contribution >= 4 is 22.6 Å². The number of hydrogen-bond acceptors (Lipinski definition) is 6. The predicted octanol–water partition coefficient (Wildman–Crippen LogP) is 3.63. The number of nitrogens with zero attached hydrogens (tertiary/aromatic N) is 4. The lowest BCUT2D eigenvalue weighted by molar-refractivity contribution is 0.0694. The average molecular weight is 459 g/mol. The van der Waals surface area contributed by atoms with Crippen molar-refractivity contribution in [1.82, 2.24) is 9.47 Å². The number of carboxylic acid groups (broad SMARTS) is 1. The van der Waals surface area contributed by atoms with Gasteiger partial charge in [-0.15, -0.1) is 0 Å². The summed E-state index contributed by atoms with van der Waals surface area (Å²) in [6.07, 6.45) is 5.22. The number of aromatic carboxylic acids is 1. The van der Waals surface area contributed by atoms with E-state index in [0.717, 1.165) is 31.7 Å². The molecule has 1 unspecified atom stereocenters. The predicted molar refractivity (Wildman–Crippen MR) is 125 cm³/mol. The molecule has 1 heterocycles. The van der Waals surface area contributed by atoms with Crippen molar-refractivity contribution in [2.45, 2.75) is 51.1 Å². The van der Waals surface area contributed by atoms with Gasteiger partial charge in [0.15, 0.2) is 11.6 Å². The van der Waals surface area contributed by atoms with E-state index >= 15 is 4.39 Å². The first kappa shape index (κ1) is 24.5. The third-order valence-corrected chi connectivity index (χ3v) is 6.40. The first-order valence-electron chi connectivity index (χ1n) is 11.2. The number of methoxy groups -OCH3 is 1. The Hall–Kier alpha value is -3.12. The van der Waals surface area contributed by atoms with Crippen LogP contribution in [0.4, 0.5) is 10.1 Å². The molecular weight excluding hydrogens is 427 g/mol. The van der Waals surface area contributed by atoms with Gasteiger partial charge in [-0.2, -0.15) is 5.26 Å². The van der Waals surface area contributed by atoms with Crippen molar-refractivity contribution in [3.05, 3.63) is 33.9 Å². The molecule has 1 aromatic heterocycles. The number of rotatable bonds is 11. The van der Waals surface area contributed by atoms with Gasteiger partial charge in [-0.1, -0.05) is 0 Å². The van der Waals surface area contributed by atoms with Gasteiger partial charge >= 0.3 is 5.97 Å². The highest BCUT2D eigenvalue weighted by Gasteiger charge is 2.30. The number of ether oxygens (including phenoxy) is 1. The van der Waals surface area contributed by atoms with Gasteiger partial charge in [0.1, 0.15) is 11.3 Å². The zero-order valence-electron chi connectivity index (χ0n) is 19.6. The molecule has 33 heavy (non-hydrogen) atoms. The van der Waals surface area contributed by atoms with E-state index in [1.165, 1.54) is 13.3 Å². The Morgan fingerprint density at radius 3 is 2.67 bits per heavy atom. The zero-order chi connectivity index (χ0) is 24.3. The Labute approximate surface area is 192 Å². The van der Waals surface area contributed by atoms with Gasteiger partial charge in [-0.25, -0.2) is 9.18 Å². The molecule has 3 rings (SSSR count). The third-order valence-electron chi connectivity index (χ3n) is 6.40. The maximum Gasteiger partial charge on any atom is 0.341 e. The number of aromatic nitrogens is 1. The van der Waals surface area contributed by atoms with Crippen molar-refractivity contribution in [1.29, 1.82) is 5.26 Å². The van der Waals surface area contributed by atoms with Crippen LogP contribution in [0.25, 0.3) is 10.9 Å². The molecule has 0 aliphatic heterocycles. The van der Waals surface area contributed by atoms with Crippen molar-refractivity contribution in [3.8, 4) is 11.8 Å². The van der Waals surface area contributed by atoms with E-state index in [4.69, 9.17) is 10.00 Å². The molecule has 9 heteroatoms. The fourth-order valence-corrected chi connectivity index (χ4v) is 4.19.